The van der Waals surface area contributed by atoms with Crippen LogP contribution in [0.4, 0.5) is 0 Å². The van der Waals surface area contributed by atoms with Gasteiger partial charge in [0.25, 0.3) is 0 Å². The fourth-order valence-corrected chi connectivity index (χ4v) is 4.26. The van der Waals surface area contributed by atoms with Gasteiger partial charge >= 0.3 is 0 Å². The second-order valence-electron chi connectivity index (χ2n) is 5.79. The first-order valence-electron chi connectivity index (χ1n) is 7.66. The SMILES string of the molecule is CCCOc1cc(C)ccc1CN[C@H]1CCCS(=O)(=O)C1. The van der Waals surface area contributed by atoms with Gasteiger partial charge in [0.2, 0.25) is 0 Å². The first-order chi connectivity index (χ1) is 10.00. The summed E-state index contributed by atoms with van der Waals surface area (Å²) < 4.78 is 29.1. The van der Waals surface area contributed by atoms with Crippen molar-refractivity contribution in [2.75, 3.05) is 18.1 Å². The second kappa shape index (κ2) is 7.27. The molecule has 0 saturated carbocycles. The lowest BCUT2D eigenvalue weighted by Crippen LogP contribution is -2.39. The lowest BCUT2D eigenvalue weighted by molar-refractivity contribution is 0.312. The van der Waals surface area contributed by atoms with Gasteiger partial charge in [-0.3, -0.25) is 0 Å². The molecule has 0 aromatic heterocycles. The maximum atomic E-state index is 11.7. The Hall–Kier alpha value is -1.07. The van der Waals surface area contributed by atoms with Gasteiger partial charge < -0.3 is 10.1 Å². The summed E-state index contributed by atoms with van der Waals surface area (Å²) >= 11 is 0. The number of hydrogen-bond donors (Lipinski definition) is 1. The molecule has 0 radical (unpaired) electrons. The van der Waals surface area contributed by atoms with Crippen molar-refractivity contribution < 1.29 is 13.2 Å². The van der Waals surface area contributed by atoms with Crippen molar-refractivity contribution >= 4 is 9.84 Å². The fraction of sp³-hybridized carbons (Fsp3) is 0.625. The molecule has 1 saturated heterocycles. The predicted octanol–water partition coefficient (Wildman–Crippen LogP) is 2.45. The van der Waals surface area contributed by atoms with E-state index in [2.05, 4.69) is 24.4 Å². The number of benzene rings is 1. The van der Waals surface area contributed by atoms with E-state index in [1.807, 2.05) is 13.0 Å². The summed E-state index contributed by atoms with van der Waals surface area (Å²) in [4.78, 5) is 0. The molecule has 4 nitrogen and oxygen atoms in total. The van der Waals surface area contributed by atoms with Crippen molar-refractivity contribution in [2.45, 2.75) is 45.7 Å². The highest BCUT2D eigenvalue weighted by molar-refractivity contribution is 7.91. The summed E-state index contributed by atoms with van der Waals surface area (Å²) in [6, 6.07) is 6.23. The van der Waals surface area contributed by atoms with Gasteiger partial charge in [-0.25, -0.2) is 8.42 Å². The summed E-state index contributed by atoms with van der Waals surface area (Å²) in [6.07, 6.45) is 2.66. The van der Waals surface area contributed by atoms with Crippen LogP contribution in [0.2, 0.25) is 0 Å². The van der Waals surface area contributed by atoms with E-state index >= 15 is 0 Å². The first-order valence-corrected chi connectivity index (χ1v) is 9.48. The molecule has 1 fully saturated rings. The Balaban J connectivity index is 1.99. The van der Waals surface area contributed by atoms with Crippen LogP contribution < -0.4 is 10.1 Å². The molecule has 1 aliphatic rings. The molecule has 1 heterocycles. The molecule has 1 aromatic rings. The topological polar surface area (TPSA) is 55.4 Å². The molecule has 1 aliphatic heterocycles. The monoisotopic (exact) mass is 311 g/mol. The highest BCUT2D eigenvalue weighted by atomic mass is 32.2. The van der Waals surface area contributed by atoms with Gasteiger partial charge in [-0.05, 0) is 37.8 Å². The molecule has 1 N–H and O–H groups in total. The molecule has 1 aromatic carbocycles. The average molecular weight is 311 g/mol. The zero-order valence-electron chi connectivity index (χ0n) is 12.9. The van der Waals surface area contributed by atoms with Gasteiger partial charge in [-0.15, -0.1) is 0 Å². The van der Waals surface area contributed by atoms with Crippen molar-refractivity contribution in [3.05, 3.63) is 29.3 Å². The molecule has 21 heavy (non-hydrogen) atoms. The van der Waals surface area contributed by atoms with Crippen LogP contribution in [0, 0.1) is 6.92 Å². The van der Waals surface area contributed by atoms with Crippen LogP contribution in [0.25, 0.3) is 0 Å². The maximum Gasteiger partial charge on any atom is 0.151 e. The Morgan fingerprint density at radius 2 is 2.19 bits per heavy atom. The molecule has 2 rings (SSSR count). The second-order valence-corrected chi connectivity index (χ2v) is 8.02. The minimum Gasteiger partial charge on any atom is -0.493 e. The van der Waals surface area contributed by atoms with E-state index in [1.165, 1.54) is 5.56 Å². The lowest BCUT2D eigenvalue weighted by atomic mass is 10.1. The van der Waals surface area contributed by atoms with E-state index in [0.29, 0.717) is 18.9 Å². The third-order valence-corrected chi connectivity index (χ3v) is 5.55. The third kappa shape index (κ3) is 5.00. The Bertz CT molecular complexity index is 569. The zero-order valence-corrected chi connectivity index (χ0v) is 13.7. The summed E-state index contributed by atoms with van der Waals surface area (Å²) in [5.74, 6) is 1.49. The van der Waals surface area contributed by atoms with E-state index in [-0.39, 0.29) is 11.8 Å². The number of hydrogen-bond acceptors (Lipinski definition) is 4. The van der Waals surface area contributed by atoms with Gasteiger partial charge in [-0.1, -0.05) is 19.1 Å². The van der Waals surface area contributed by atoms with Crippen molar-refractivity contribution in [3.63, 3.8) is 0 Å². The highest BCUT2D eigenvalue weighted by Gasteiger charge is 2.24. The standard InChI is InChI=1S/C16H25NO3S/c1-3-8-20-16-10-13(2)6-7-14(16)11-17-15-5-4-9-21(18,19)12-15/h6-7,10,15,17H,3-5,8-9,11-12H2,1-2H3/t15-/m0/s1. The minimum absolute atomic E-state index is 0.0593. The van der Waals surface area contributed by atoms with E-state index in [1.54, 1.807) is 0 Å². The van der Waals surface area contributed by atoms with Crippen molar-refractivity contribution in [2.24, 2.45) is 0 Å². The van der Waals surface area contributed by atoms with Crippen molar-refractivity contribution in [3.8, 4) is 5.75 Å². The van der Waals surface area contributed by atoms with Gasteiger partial charge in [0.1, 0.15) is 5.75 Å². The van der Waals surface area contributed by atoms with Gasteiger partial charge in [-0.2, -0.15) is 0 Å². The van der Waals surface area contributed by atoms with Crippen LogP contribution in [0.3, 0.4) is 0 Å². The Morgan fingerprint density at radius 3 is 2.90 bits per heavy atom. The molecule has 1 atom stereocenters. The largest absolute Gasteiger partial charge is 0.493 e. The summed E-state index contributed by atoms with van der Waals surface area (Å²) in [6.45, 7) is 5.48. The number of ether oxygens (including phenoxy) is 1. The fourth-order valence-electron chi connectivity index (χ4n) is 2.59. The van der Waals surface area contributed by atoms with Crippen molar-refractivity contribution in [1.82, 2.24) is 5.32 Å². The average Bonchev–Trinajstić information content (AvgIpc) is 2.43. The van der Waals surface area contributed by atoms with Crippen LogP contribution in [0.1, 0.15) is 37.3 Å². The maximum absolute atomic E-state index is 11.7. The number of nitrogens with one attached hydrogen (secondary N) is 1. The summed E-state index contributed by atoms with van der Waals surface area (Å²) in [7, 11) is -2.86. The van der Waals surface area contributed by atoms with E-state index in [0.717, 1.165) is 30.6 Å². The van der Waals surface area contributed by atoms with E-state index < -0.39 is 9.84 Å². The molecular weight excluding hydrogens is 286 g/mol. The molecular formula is C16H25NO3S. The predicted molar refractivity (Wildman–Crippen MR) is 85.5 cm³/mol. The zero-order chi connectivity index (χ0) is 15.3. The van der Waals surface area contributed by atoms with Gasteiger partial charge in [0.15, 0.2) is 9.84 Å². The van der Waals surface area contributed by atoms with Crippen LogP contribution in [0.5, 0.6) is 5.75 Å². The Kier molecular flexibility index (Phi) is 5.65. The third-order valence-electron chi connectivity index (χ3n) is 3.73. The van der Waals surface area contributed by atoms with E-state index in [9.17, 15) is 8.42 Å². The first kappa shape index (κ1) is 16.3. The smallest absolute Gasteiger partial charge is 0.151 e. The molecule has 0 unspecified atom stereocenters. The number of aryl methyl sites for hydroxylation is 1. The molecule has 0 aliphatic carbocycles. The Morgan fingerprint density at radius 1 is 1.38 bits per heavy atom. The van der Waals surface area contributed by atoms with Gasteiger partial charge in [0.05, 0.1) is 18.1 Å². The highest BCUT2D eigenvalue weighted by Crippen LogP contribution is 2.21. The van der Waals surface area contributed by atoms with Crippen LogP contribution in [-0.2, 0) is 16.4 Å². The minimum atomic E-state index is -2.86. The van der Waals surface area contributed by atoms with Crippen molar-refractivity contribution in [1.29, 1.82) is 0 Å². The Labute approximate surface area is 127 Å². The molecule has 0 spiro atoms. The van der Waals surface area contributed by atoms with Crippen LogP contribution >= 0.6 is 0 Å². The molecule has 118 valence electrons. The number of sulfone groups is 1. The molecule has 0 bridgehead atoms. The van der Waals surface area contributed by atoms with Crippen LogP contribution in [-0.4, -0.2) is 32.6 Å². The van der Waals surface area contributed by atoms with Gasteiger partial charge in [0, 0.05) is 18.2 Å². The summed E-state index contributed by atoms with van der Waals surface area (Å²) in [5.41, 5.74) is 2.27. The van der Waals surface area contributed by atoms with E-state index in [4.69, 9.17) is 4.74 Å². The van der Waals surface area contributed by atoms with Crippen LogP contribution in [0.15, 0.2) is 18.2 Å². The number of rotatable bonds is 6. The normalized spacial score (nSPS) is 21.1. The summed E-state index contributed by atoms with van der Waals surface area (Å²) in [5, 5.41) is 3.37. The quantitative estimate of drug-likeness (QED) is 0.877. The lowest BCUT2D eigenvalue weighted by Gasteiger charge is -2.23. The molecule has 5 heteroatoms. The molecule has 0 amide bonds.